The van der Waals surface area contributed by atoms with Gasteiger partial charge in [0.05, 0.1) is 10.0 Å². The van der Waals surface area contributed by atoms with E-state index in [1.54, 1.807) is 0 Å². The molecule has 0 aliphatic carbocycles. The molecule has 1 aromatic carbocycles. The van der Waals surface area contributed by atoms with Gasteiger partial charge in [0.15, 0.2) is 0 Å². The van der Waals surface area contributed by atoms with Crippen molar-refractivity contribution in [2.24, 2.45) is 5.92 Å². The summed E-state index contributed by atoms with van der Waals surface area (Å²) in [4.78, 5) is 0. The van der Waals surface area contributed by atoms with Gasteiger partial charge in [0.1, 0.15) is 0 Å². The standard InChI is InChI=1S/C14H19Cl2NS/c1-10(12-3-2-4-13(15)14(12)16)17-9-11-5-7-18-8-6-11/h2-4,10-11,17H,5-9H2,1H3. The molecule has 4 heteroatoms. The first-order valence-electron chi connectivity index (χ1n) is 6.43. The van der Waals surface area contributed by atoms with Crippen LogP contribution in [-0.4, -0.2) is 18.1 Å². The van der Waals surface area contributed by atoms with Gasteiger partial charge in [0.2, 0.25) is 0 Å². The van der Waals surface area contributed by atoms with E-state index in [1.807, 2.05) is 18.2 Å². The number of thioether (sulfide) groups is 1. The quantitative estimate of drug-likeness (QED) is 0.858. The molecule has 0 radical (unpaired) electrons. The Bertz CT molecular complexity index is 391. The predicted octanol–water partition coefficient (Wildman–Crippen LogP) is 4.79. The highest BCUT2D eigenvalue weighted by molar-refractivity contribution is 7.99. The molecule has 1 saturated heterocycles. The van der Waals surface area contributed by atoms with E-state index in [9.17, 15) is 0 Å². The molecule has 0 amide bonds. The normalized spacial score (nSPS) is 18.8. The van der Waals surface area contributed by atoms with Gasteiger partial charge >= 0.3 is 0 Å². The zero-order chi connectivity index (χ0) is 13.0. The van der Waals surface area contributed by atoms with Crippen molar-refractivity contribution in [1.29, 1.82) is 0 Å². The molecule has 0 aromatic heterocycles. The van der Waals surface area contributed by atoms with Crippen LogP contribution in [0.3, 0.4) is 0 Å². The summed E-state index contributed by atoms with van der Waals surface area (Å²) in [5.41, 5.74) is 1.09. The molecule has 1 N–H and O–H groups in total. The van der Waals surface area contributed by atoms with Crippen LogP contribution in [0.15, 0.2) is 18.2 Å². The molecule has 100 valence electrons. The fourth-order valence-electron chi connectivity index (χ4n) is 2.26. The number of hydrogen-bond donors (Lipinski definition) is 1. The number of halogens is 2. The summed E-state index contributed by atoms with van der Waals surface area (Å²) in [5, 5.41) is 4.90. The third-order valence-corrected chi connectivity index (χ3v) is 5.38. The Hall–Kier alpha value is 0.110. The molecule has 2 rings (SSSR count). The number of nitrogens with one attached hydrogen (secondary N) is 1. The fraction of sp³-hybridized carbons (Fsp3) is 0.571. The van der Waals surface area contributed by atoms with Gasteiger partial charge in [0, 0.05) is 6.04 Å². The molecule has 1 atom stereocenters. The lowest BCUT2D eigenvalue weighted by Gasteiger charge is -2.24. The first kappa shape index (κ1) is 14.5. The van der Waals surface area contributed by atoms with Crippen molar-refractivity contribution in [3.63, 3.8) is 0 Å². The van der Waals surface area contributed by atoms with Gasteiger partial charge in [-0.1, -0.05) is 35.3 Å². The lowest BCUT2D eigenvalue weighted by molar-refractivity contribution is 0.421. The molecule has 1 aliphatic rings. The van der Waals surface area contributed by atoms with Crippen molar-refractivity contribution in [2.75, 3.05) is 18.1 Å². The van der Waals surface area contributed by atoms with Crippen molar-refractivity contribution in [3.05, 3.63) is 33.8 Å². The van der Waals surface area contributed by atoms with Crippen molar-refractivity contribution >= 4 is 35.0 Å². The average Bonchev–Trinajstić information content (AvgIpc) is 2.40. The van der Waals surface area contributed by atoms with Crippen molar-refractivity contribution in [1.82, 2.24) is 5.32 Å². The largest absolute Gasteiger partial charge is 0.310 e. The Kier molecular flexibility index (Phi) is 5.68. The van der Waals surface area contributed by atoms with Crippen LogP contribution in [0.25, 0.3) is 0 Å². The first-order valence-corrected chi connectivity index (χ1v) is 8.34. The fourth-order valence-corrected chi connectivity index (χ4v) is 3.93. The Morgan fingerprint density at radius 3 is 2.78 bits per heavy atom. The Labute approximate surface area is 124 Å². The van der Waals surface area contributed by atoms with E-state index in [1.165, 1.54) is 24.3 Å². The molecule has 1 aliphatic heterocycles. The van der Waals surface area contributed by atoms with Crippen molar-refractivity contribution in [2.45, 2.75) is 25.8 Å². The van der Waals surface area contributed by atoms with E-state index in [-0.39, 0.29) is 6.04 Å². The summed E-state index contributed by atoms with van der Waals surface area (Å²) >= 11 is 14.3. The summed E-state index contributed by atoms with van der Waals surface area (Å²) in [6.07, 6.45) is 2.65. The average molecular weight is 304 g/mol. The second-order valence-corrected chi connectivity index (χ2v) is 6.84. The lowest BCUT2D eigenvalue weighted by Crippen LogP contribution is -2.28. The monoisotopic (exact) mass is 303 g/mol. The smallest absolute Gasteiger partial charge is 0.0639 e. The molecule has 1 aromatic rings. The minimum Gasteiger partial charge on any atom is -0.310 e. The zero-order valence-corrected chi connectivity index (χ0v) is 12.9. The molecule has 1 nitrogen and oxygen atoms in total. The van der Waals surface area contributed by atoms with E-state index in [0.29, 0.717) is 10.0 Å². The van der Waals surface area contributed by atoms with Gasteiger partial charge in [-0.2, -0.15) is 11.8 Å². The second kappa shape index (κ2) is 7.04. The third-order valence-electron chi connectivity index (χ3n) is 3.50. The Morgan fingerprint density at radius 1 is 1.33 bits per heavy atom. The summed E-state index contributed by atoms with van der Waals surface area (Å²) in [6, 6.07) is 6.09. The number of rotatable bonds is 4. The molecule has 0 spiro atoms. The maximum atomic E-state index is 6.23. The van der Waals surface area contributed by atoms with Gasteiger partial charge in [0.25, 0.3) is 0 Å². The number of benzene rings is 1. The Balaban J connectivity index is 1.90. The van der Waals surface area contributed by atoms with Crippen molar-refractivity contribution in [3.8, 4) is 0 Å². The lowest BCUT2D eigenvalue weighted by atomic mass is 10.0. The Morgan fingerprint density at radius 2 is 2.06 bits per heavy atom. The molecule has 18 heavy (non-hydrogen) atoms. The van der Waals surface area contributed by atoms with Crippen LogP contribution in [0, 0.1) is 5.92 Å². The minimum absolute atomic E-state index is 0.255. The molecule has 1 heterocycles. The molecular weight excluding hydrogens is 285 g/mol. The highest BCUT2D eigenvalue weighted by atomic mass is 35.5. The van der Waals surface area contributed by atoms with Gasteiger partial charge in [-0.3, -0.25) is 0 Å². The third kappa shape index (κ3) is 3.80. The van der Waals surface area contributed by atoms with Gasteiger partial charge in [-0.05, 0) is 55.4 Å². The summed E-state index contributed by atoms with van der Waals surface area (Å²) in [5.74, 6) is 3.42. The van der Waals surface area contributed by atoms with Crippen molar-refractivity contribution < 1.29 is 0 Å². The van der Waals surface area contributed by atoms with Crippen LogP contribution in [0.5, 0.6) is 0 Å². The summed E-state index contributed by atoms with van der Waals surface area (Å²) in [7, 11) is 0. The molecule has 1 fully saturated rings. The van der Waals surface area contributed by atoms with Gasteiger partial charge in [-0.15, -0.1) is 0 Å². The SMILES string of the molecule is CC(NCC1CCSCC1)c1cccc(Cl)c1Cl. The zero-order valence-electron chi connectivity index (χ0n) is 10.6. The molecule has 0 saturated carbocycles. The van der Waals surface area contributed by atoms with E-state index >= 15 is 0 Å². The highest BCUT2D eigenvalue weighted by Gasteiger charge is 2.16. The second-order valence-electron chi connectivity index (χ2n) is 4.83. The predicted molar refractivity (Wildman–Crippen MR) is 82.9 cm³/mol. The molecular formula is C14H19Cl2NS. The molecule has 0 bridgehead atoms. The van der Waals surface area contributed by atoms with E-state index < -0.39 is 0 Å². The van der Waals surface area contributed by atoms with Crippen LogP contribution in [0.4, 0.5) is 0 Å². The van der Waals surface area contributed by atoms with Gasteiger partial charge in [-0.25, -0.2) is 0 Å². The van der Waals surface area contributed by atoms with Crippen LogP contribution in [0.2, 0.25) is 10.0 Å². The van der Waals surface area contributed by atoms with Crippen LogP contribution in [0.1, 0.15) is 31.4 Å². The maximum absolute atomic E-state index is 6.23. The summed E-state index contributed by atoms with van der Waals surface area (Å²) in [6.45, 7) is 3.22. The highest BCUT2D eigenvalue weighted by Crippen LogP contribution is 2.30. The molecule has 1 unspecified atom stereocenters. The van der Waals surface area contributed by atoms with Crippen LogP contribution < -0.4 is 5.32 Å². The first-order chi connectivity index (χ1) is 8.68. The van der Waals surface area contributed by atoms with Gasteiger partial charge < -0.3 is 5.32 Å². The van der Waals surface area contributed by atoms with E-state index in [2.05, 4.69) is 24.0 Å². The maximum Gasteiger partial charge on any atom is 0.0639 e. The topological polar surface area (TPSA) is 12.0 Å². The minimum atomic E-state index is 0.255. The number of hydrogen-bond acceptors (Lipinski definition) is 2. The van der Waals surface area contributed by atoms with E-state index in [0.717, 1.165) is 18.0 Å². The van der Waals surface area contributed by atoms with E-state index in [4.69, 9.17) is 23.2 Å². The van der Waals surface area contributed by atoms with Crippen LogP contribution in [-0.2, 0) is 0 Å². The summed E-state index contributed by atoms with van der Waals surface area (Å²) < 4.78 is 0. The van der Waals surface area contributed by atoms with Crippen LogP contribution >= 0.6 is 35.0 Å².